The van der Waals surface area contributed by atoms with Gasteiger partial charge in [-0.2, -0.15) is 0 Å². The van der Waals surface area contributed by atoms with Gasteiger partial charge in [-0.05, 0) is 23.3 Å². The Kier molecular flexibility index (Phi) is 5.14. The number of amides is 2. The van der Waals surface area contributed by atoms with Crippen LogP contribution in [0, 0.1) is 5.92 Å². The first-order chi connectivity index (χ1) is 13.7. The summed E-state index contributed by atoms with van der Waals surface area (Å²) in [6, 6.07) is 11.6. The fraction of sp³-hybridized carbons (Fsp3) is 0.238. The quantitative estimate of drug-likeness (QED) is 0.714. The predicted molar refractivity (Wildman–Crippen MR) is 103 cm³/mol. The maximum absolute atomic E-state index is 12.6. The Morgan fingerprint density at radius 1 is 1.14 bits per heavy atom. The smallest absolute Gasteiger partial charge is 0.225 e. The highest BCUT2D eigenvalue weighted by molar-refractivity contribution is 5.89. The molecule has 1 fully saturated rings. The van der Waals surface area contributed by atoms with Crippen LogP contribution in [-0.4, -0.2) is 37.8 Å². The average molecular weight is 375 g/mol. The minimum absolute atomic E-state index is 0.00261. The Balaban J connectivity index is 1.37. The van der Waals surface area contributed by atoms with Crippen LogP contribution >= 0.6 is 0 Å². The van der Waals surface area contributed by atoms with Crippen LogP contribution in [0.25, 0.3) is 5.69 Å². The minimum atomic E-state index is -0.329. The van der Waals surface area contributed by atoms with Crippen molar-refractivity contribution in [2.45, 2.75) is 19.5 Å². The van der Waals surface area contributed by atoms with Crippen molar-refractivity contribution in [2.75, 3.05) is 6.54 Å². The van der Waals surface area contributed by atoms with E-state index in [0.29, 0.717) is 19.6 Å². The number of nitrogens with zero attached hydrogens (tertiary/aromatic N) is 4. The summed E-state index contributed by atoms with van der Waals surface area (Å²) in [7, 11) is 0. The van der Waals surface area contributed by atoms with Crippen molar-refractivity contribution in [1.82, 2.24) is 24.8 Å². The van der Waals surface area contributed by atoms with Gasteiger partial charge in [0.05, 0.1) is 17.9 Å². The Morgan fingerprint density at radius 2 is 2.04 bits per heavy atom. The van der Waals surface area contributed by atoms with Gasteiger partial charge in [0.25, 0.3) is 0 Å². The number of aromatic nitrogens is 3. The molecule has 28 heavy (non-hydrogen) atoms. The molecule has 3 aromatic rings. The van der Waals surface area contributed by atoms with Crippen LogP contribution in [0.4, 0.5) is 0 Å². The van der Waals surface area contributed by atoms with Gasteiger partial charge in [-0.15, -0.1) is 0 Å². The van der Waals surface area contributed by atoms with Crippen LogP contribution < -0.4 is 5.32 Å². The van der Waals surface area contributed by atoms with Gasteiger partial charge in [0.15, 0.2) is 0 Å². The first-order valence-electron chi connectivity index (χ1n) is 9.21. The molecule has 0 saturated carbocycles. The van der Waals surface area contributed by atoms with Crippen molar-refractivity contribution < 1.29 is 9.59 Å². The zero-order valence-electron chi connectivity index (χ0n) is 15.4. The molecule has 142 valence electrons. The summed E-state index contributed by atoms with van der Waals surface area (Å²) in [5, 5.41) is 2.98. The van der Waals surface area contributed by atoms with Crippen LogP contribution in [0.5, 0.6) is 0 Å². The van der Waals surface area contributed by atoms with E-state index in [1.807, 2.05) is 47.2 Å². The number of nitrogens with one attached hydrogen (secondary N) is 1. The molecule has 7 heteroatoms. The fourth-order valence-electron chi connectivity index (χ4n) is 3.45. The van der Waals surface area contributed by atoms with Crippen molar-refractivity contribution in [3.05, 3.63) is 78.6 Å². The van der Waals surface area contributed by atoms with E-state index in [2.05, 4.69) is 15.3 Å². The van der Waals surface area contributed by atoms with Crippen LogP contribution in [0.15, 0.2) is 67.5 Å². The van der Waals surface area contributed by atoms with Crippen LogP contribution in [0.1, 0.15) is 17.5 Å². The van der Waals surface area contributed by atoms with Gasteiger partial charge in [0.1, 0.15) is 0 Å². The van der Waals surface area contributed by atoms with E-state index in [4.69, 9.17) is 0 Å². The standard InChI is InChI=1S/C21H21N5O2/c27-20-10-18(14-26(20)13-16-4-3-7-22-11-16)21(28)24-12-17-5-1-2-6-19(17)25-9-8-23-15-25/h1-9,11,15,18H,10,12-14H2,(H,24,28). The third kappa shape index (κ3) is 3.93. The van der Waals surface area contributed by atoms with Crippen molar-refractivity contribution in [3.8, 4) is 5.69 Å². The van der Waals surface area contributed by atoms with E-state index in [1.54, 1.807) is 29.8 Å². The van der Waals surface area contributed by atoms with Gasteiger partial charge in [-0.1, -0.05) is 24.3 Å². The van der Waals surface area contributed by atoms with Crippen molar-refractivity contribution in [3.63, 3.8) is 0 Å². The first kappa shape index (κ1) is 17.9. The summed E-state index contributed by atoms with van der Waals surface area (Å²) in [6.45, 7) is 1.32. The molecular formula is C21H21N5O2. The molecule has 2 amide bonds. The number of carbonyl (C=O) groups excluding carboxylic acids is 2. The SMILES string of the molecule is O=C(NCc1ccccc1-n1ccnc1)C1CC(=O)N(Cc2cccnc2)C1. The van der Waals surface area contributed by atoms with Crippen molar-refractivity contribution >= 4 is 11.8 Å². The molecular weight excluding hydrogens is 354 g/mol. The molecule has 4 rings (SSSR count). The molecule has 1 N–H and O–H groups in total. The molecule has 0 spiro atoms. The van der Waals surface area contributed by atoms with E-state index in [0.717, 1.165) is 16.8 Å². The van der Waals surface area contributed by atoms with Gasteiger partial charge in [0, 0.05) is 50.8 Å². The van der Waals surface area contributed by atoms with Crippen LogP contribution in [0.2, 0.25) is 0 Å². The summed E-state index contributed by atoms with van der Waals surface area (Å²) in [6.07, 6.45) is 9.01. The molecule has 1 aromatic carbocycles. The normalized spacial score (nSPS) is 16.4. The summed E-state index contributed by atoms with van der Waals surface area (Å²) in [4.78, 5) is 34.8. The molecule has 1 aliphatic rings. The lowest BCUT2D eigenvalue weighted by Crippen LogP contribution is -2.32. The second-order valence-corrected chi connectivity index (χ2v) is 6.85. The van der Waals surface area contributed by atoms with E-state index < -0.39 is 0 Å². The number of hydrogen-bond donors (Lipinski definition) is 1. The second kappa shape index (κ2) is 8.04. The molecule has 1 unspecified atom stereocenters. The van der Waals surface area contributed by atoms with E-state index in [-0.39, 0.29) is 24.2 Å². The number of carbonyl (C=O) groups is 2. The number of likely N-dealkylation sites (tertiary alicyclic amines) is 1. The Bertz CT molecular complexity index is 956. The molecule has 0 aliphatic carbocycles. The average Bonchev–Trinajstić information content (AvgIpc) is 3.38. The van der Waals surface area contributed by atoms with Crippen LogP contribution in [0.3, 0.4) is 0 Å². The third-order valence-electron chi connectivity index (χ3n) is 4.91. The number of imidazole rings is 1. The largest absolute Gasteiger partial charge is 0.352 e. The van der Waals surface area contributed by atoms with Gasteiger partial charge >= 0.3 is 0 Å². The second-order valence-electron chi connectivity index (χ2n) is 6.85. The molecule has 0 bridgehead atoms. The zero-order chi connectivity index (χ0) is 19.3. The maximum Gasteiger partial charge on any atom is 0.225 e. The highest BCUT2D eigenvalue weighted by atomic mass is 16.2. The van der Waals surface area contributed by atoms with Crippen molar-refractivity contribution in [2.24, 2.45) is 5.92 Å². The number of pyridine rings is 1. The summed E-state index contributed by atoms with van der Waals surface area (Å²) in [5.41, 5.74) is 2.93. The number of hydrogen-bond acceptors (Lipinski definition) is 4. The Morgan fingerprint density at radius 3 is 2.82 bits per heavy atom. The van der Waals surface area contributed by atoms with Gasteiger partial charge < -0.3 is 14.8 Å². The zero-order valence-corrected chi connectivity index (χ0v) is 15.4. The lowest BCUT2D eigenvalue weighted by Gasteiger charge is -2.17. The van der Waals surface area contributed by atoms with Crippen LogP contribution in [-0.2, 0) is 22.7 Å². The predicted octanol–water partition coefficient (Wildman–Crippen LogP) is 1.93. The summed E-state index contributed by atoms with van der Waals surface area (Å²) < 4.78 is 1.91. The Labute approximate surface area is 163 Å². The lowest BCUT2D eigenvalue weighted by molar-refractivity contribution is -0.129. The van der Waals surface area contributed by atoms with E-state index in [1.165, 1.54) is 0 Å². The van der Waals surface area contributed by atoms with E-state index >= 15 is 0 Å². The molecule has 1 saturated heterocycles. The number of rotatable bonds is 6. The van der Waals surface area contributed by atoms with Gasteiger partial charge in [-0.25, -0.2) is 4.98 Å². The monoisotopic (exact) mass is 375 g/mol. The molecule has 1 aliphatic heterocycles. The highest BCUT2D eigenvalue weighted by Crippen LogP contribution is 2.21. The third-order valence-corrected chi connectivity index (χ3v) is 4.91. The van der Waals surface area contributed by atoms with Gasteiger partial charge in [-0.3, -0.25) is 14.6 Å². The minimum Gasteiger partial charge on any atom is -0.352 e. The fourth-order valence-corrected chi connectivity index (χ4v) is 3.45. The van der Waals surface area contributed by atoms with Crippen molar-refractivity contribution in [1.29, 1.82) is 0 Å². The van der Waals surface area contributed by atoms with E-state index in [9.17, 15) is 9.59 Å². The number of benzene rings is 1. The molecule has 7 nitrogen and oxygen atoms in total. The topological polar surface area (TPSA) is 80.1 Å². The maximum atomic E-state index is 12.6. The first-order valence-corrected chi connectivity index (χ1v) is 9.21. The van der Waals surface area contributed by atoms with Gasteiger partial charge in [0.2, 0.25) is 11.8 Å². The summed E-state index contributed by atoms with van der Waals surface area (Å²) >= 11 is 0. The molecule has 0 radical (unpaired) electrons. The number of para-hydroxylation sites is 1. The Hall–Kier alpha value is -3.48. The molecule has 1 atom stereocenters. The highest BCUT2D eigenvalue weighted by Gasteiger charge is 2.34. The molecule has 2 aromatic heterocycles. The summed E-state index contributed by atoms with van der Waals surface area (Å²) in [5.74, 6) is -0.421. The lowest BCUT2D eigenvalue weighted by atomic mass is 10.1. The molecule has 3 heterocycles.